The van der Waals surface area contributed by atoms with Gasteiger partial charge < -0.3 is 4.42 Å². The van der Waals surface area contributed by atoms with Gasteiger partial charge in [0.1, 0.15) is 11.2 Å². The first-order valence-electron chi connectivity index (χ1n) is 18.5. The van der Waals surface area contributed by atoms with Crippen LogP contribution in [0.3, 0.4) is 0 Å². The summed E-state index contributed by atoms with van der Waals surface area (Å²) in [6.45, 7) is 0. The lowest BCUT2D eigenvalue weighted by molar-refractivity contribution is 0.673. The molecule has 0 atom stereocenters. The molecule has 0 fully saturated rings. The van der Waals surface area contributed by atoms with E-state index in [0.717, 1.165) is 65.7 Å². The Morgan fingerprint density at radius 2 is 0.818 bits per heavy atom. The van der Waals surface area contributed by atoms with Crippen LogP contribution in [0.25, 0.3) is 111 Å². The van der Waals surface area contributed by atoms with Crippen molar-refractivity contribution < 1.29 is 4.42 Å². The molecule has 0 saturated carbocycles. The second-order valence-electron chi connectivity index (χ2n) is 14.0. The van der Waals surface area contributed by atoms with E-state index in [0.29, 0.717) is 17.5 Å². The van der Waals surface area contributed by atoms with Crippen LogP contribution >= 0.6 is 0 Å². The Bertz CT molecular complexity index is 3180. The highest BCUT2D eigenvalue weighted by Crippen LogP contribution is 2.41. The molecule has 0 aliphatic carbocycles. The first-order valence-corrected chi connectivity index (χ1v) is 18.5. The lowest BCUT2D eigenvalue weighted by Crippen LogP contribution is -2.00. The highest BCUT2D eigenvalue weighted by molar-refractivity contribution is 6.19. The third-order valence-corrected chi connectivity index (χ3v) is 10.7. The van der Waals surface area contributed by atoms with Crippen molar-refractivity contribution in [3.8, 4) is 56.4 Å². The lowest BCUT2D eigenvalue weighted by atomic mass is 9.93. The second kappa shape index (κ2) is 12.6. The van der Waals surface area contributed by atoms with Gasteiger partial charge in [-0.25, -0.2) is 15.0 Å². The lowest BCUT2D eigenvalue weighted by Gasteiger charge is -2.10. The average molecular weight is 702 g/mol. The molecule has 0 radical (unpaired) electrons. The first kappa shape index (κ1) is 31.1. The summed E-state index contributed by atoms with van der Waals surface area (Å²) in [5.41, 5.74) is 9.10. The fourth-order valence-corrected chi connectivity index (χ4v) is 7.89. The van der Waals surface area contributed by atoms with Crippen molar-refractivity contribution in [2.75, 3.05) is 0 Å². The Labute approximate surface area is 317 Å². The smallest absolute Gasteiger partial charge is 0.164 e. The fraction of sp³-hybridized carbons (Fsp3) is 0. The molecule has 4 nitrogen and oxygen atoms in total. The van der Waals surface area contributed by atoms with E-state index in [4.69, 9.17) is 19.4 Å². The molecule has 0 unspecified atom stereocenters. The molecular formula is C51H31N3O. The highest BCUT2D eigenvalue weighted by Gasteiger charge is 2.18. The van der Waals surface area contributed by atoms with Crippen LogP contribution in [0.15, 0.2) is 192 Å². The Morgan fingerprint density at radius 3 is 1.49 bits per heavy atom. The van der Waals surface area contributed by atoms with E-state index in [1.54, 1.807) is 0 Å². The summed E-state index contributed by atoms with van der Waals surface area (Å²) in [6, 6.07) is 65.9. The number of hydrogen-bond acceptors (Lipinski definition) is 4. The van der Waals surface area contributed by atoms with Gasteiger partial charge >= 0.3 is 0 Å². The van der Waals surface area contributed by atoms with Gasteiger partial charge in [0, 0.05) is 32.8 Å². The molecule has 11 aromatic rings. The van der Waals surface area contributed by atoms with Crippen molar-refractivity contribution in [3.05, 3.63) is 188 Å². The minimum absolute atomic E-state index is 0.590. The minimum atomic E-state index is 0.590. The summed E-state index contributed by atoms with van der Waals surface area (Å²) >= 11 is 0. The summed E-state index contributed by atoms with van der Waals surface area (Å²) in [5.74, 6) is 1.83. The SMILES string of the molecule is c1ccc(-c2cccc(-c3cc4c5ccc(-c6nc(-c7ccc8ccccc8c7)nc(-c7ccc8ccccc8c7)n6)cc5oc4c4ccccc34)c2)cc1. The van der Waals surface area contributed by atoms with Gasteiger partial charge in [0.25, 0.3) is 0 Å². The summed E-state index contributed by atoms with van der Waals surface area (Å²) in [7, 11) is 0. The standard InChI is InChI=1S/C51H31N3O/c1-2-11-32(12-3-1)37-17-10-18-38(27-37)45-31-46-43-26-25-41(30-47(43)55-48(46)44-20-9-8-19-42(44)45)51-53-49(39-23-21-33-13-4-6-15-35(33)28-39)52-50(54-51)40-24-22-34-14-5-7-16-36(34)29-40/h1-31H. The zero-order valence-electron chi connectivity index (χ0n) is 29.6. The normalized spacial score (nSPS) is 11.6. The van der Waals surface area contributed by atoms with E-state index in [9.17, 15) is 0 Å². The highest BCUT2D eigenvalue weighted by atomic mass is 16.3. The summed E-state index contributed by atoms with van der Waals surface area (Å²) in [4.78, 5) is 15.3. The minimum Gasteiger partial charge on any atom is -0.455 e. The van der Waals surface area contributed by atoms with Crippen molar-refractivity contribution >= 4 is 54.3 Å². The molecule has 256 valence electrons. The maximum atomic E-state index is 6.77. The molecule has 0 saturated heterocycles. The molecule has 11 rings (SSSR count). The monoisotopic (exact) mass is 701 g/mol. The van der Waals surface area contributed by atoms with Crippen LogP contribution in [0.4, 0.5) is 0 Å². The molecule has 0 amide bonds. The van der Waals surface area contributed by atoms with Gasteiger partial charge in [-0.15, -0.1) is 0 Å². The van der Waals surface area contributed by atoms with Gasteiger partial charge in [-0.2, -0.15) is 0 Å². The molecule has 4 heteroatoms. The van der Waals surface area contributed by atoms with Gasteiger partial charge in [0.15, 0.2) is 17.5 Å². The van der Waals surface area contributed by atoms with Crippen molar-refractivity contribution in [3.63, 3.8) is 0 Å². The zero-order chi connectivity index (χ0) is 36.3. The fourth-order valence-electron chi connectivity index (χ4n) is 7.89. The molecule has 0 aliphatic rings. The number of fused-ring (bicyclic) bond motifs is 7. The summed E-state index contributed by atoms with van der Waals surface area (Å²) < 4.78 is 6.77. The summed E-state index contributed by atoms with van der Waals surface area (Å²) in [6.07, 6.45) is 0. The number of rotatable bonds is 5. The number of benzene rings is 9. The number of hydrogen-bond donors (Lipinski definition) is 0. The van der Waals surface area contributed by atoms with E-state index >= 15 is 0 Å². The van der Waals surface area contributed by atoms with E-state index in [-0.39, 0.29) is 0 Å². The number of nitrogens with zero attached hydrogens (tertiary/aromatic N) is 3. The zero-order valence-corrected chi connectivity index (χ0v) is 29.6. The molecule has 0 aliphatic heterocycles. The van der Waals surface area contributed by atoms with Crippen LogP contribution in [0.1, 0.15) is 0 Å². The first-order chi connectivity index (χ1) is 27.2. The van der Waals surface area contributed by atoms with Gasteiger partial charge in [-0.1, -0.05) is 152 Å². The van der Waals surface area contributed by atoms with Gasteiger partial charge in [0.05, 0.1) is 0 Å². The Morgan fingerprint density at radius 1 is 0.291 bits per heavy atom. The predicted octanol–water partition coefficient (Wildman–Crippen LogP) is 13.6. The van der Waals surface area contributed by atoms with Crippen LogP contribution in [0.5, 0.6) is 0 Å². The molecule has 9 aromatic carbocycles. The Balaban J connectivity index is 1.08. The average Bonchev–Trinajstić information content (AvgIpc) is 3.64. The number of aromatic nitrogens is 3. The van der Waals surface area contributed by atoms with Crippen LogP contribution in [-0.4, -0.2) is 15.0 Å². The maximum Gasteiger partial charge on any atom is 0.164 e. The molecule has 0 spiro atoms. The largest absolute Gasteiger partial charge is 0.455 e. The van der Waals surface area contributed by atoms with Crippen LogP contribution < -0.4 is 0 Å². The molecule has 0 N–H and O–H groups in total. The topological polar surface area (TPSA) is 51.8 Å². The quantitative estimate of drug-likeness (QED) is 0.179. The molecule has 55 heavy (non-hydrogen) atoms. The van der Waals surface area contributed by atoms with E-state index < -0.39 is 0 Å². The maximum absolute atomic E-state index is 6.77. The van der Waals surface area contributed by atoms with E-state index in [2.05, 4.69) is 188 Å². The van der Waals surface area contributed by atoms with E-state index in [1.165, 1.54) is 27.5 Å². The molecule has 2 aromatic heterocycles. The van der Waals surface area contributed by atoms with Crippen molar-refractivity contribution in [1.82, 2.24) is 15.0 Å². The van der Waals surface area contributed by atoms with Gasteiger partial charge in [-0.05, 0) is 85.6 Å². The van der Waals surface area contributed by atoms with Gasteiger partial charge in [-0.3, -0.25) is 0 Å². The van der Waals surface area contributed by atoms with Crippen molar-refractivity contribution in [2.45, 2.75) is 0 Å². The van der Waals surface area contributed by atoms with Crippen LogP contribution in [0, 0.1) is 0 Å². The molecule has 0 bridgehead atoms. The summed E-state index contributed by atoms with van der Waals surface area (Å²) in [5, 5.41) is 8.96. The Kier molecular flexibility index (Phi) is 7.14. The van der Waals surface area contributed by atoms with Crippen LogP contribution in [-0.2, 0) is 0 Å². The third kappa shape index (κ3) is 5.43. The van der Waals surface area contributed by atoms with Crippen LogP contribution in [0.2, 0.25) is 0 Å². The second-order valence-corrected chi connectivity index (χ2v) is 14.0. The molecular weight excluding hydrogens is 671 g/mol. The Hall–Kier alpha value is -7.43. The number of furan rings is 1. The predicted molar refractivity (Wildman–Crippen MR) is 227 cm³/mol. The third-order valence-electron chi connectivity index (χ3n) is 10.7. The molecule has 2 heterocycles. The van der Waals surface area contributed by atoms with E-state index in [1.807, 2.05) is 0 Å². The van der Waals surface area contributed by atoms with Crippen molar-refractivity contribution in [2.24, 2.45) is 0 Å². The van der Waals surface area contributed by atoms with Gasteiger partial charge in [0.2, 0.25) is 0 Å². The van der Waals surface area contributed by atoms with Crippen molar-refractivity contribution in [1.29, 1.82) is 0 Å².